The van der Waals surface area contributed by atoms with Crippen molar-refractivity contribution in [1.29, 1.82) is 0 Å². The van der Waals surface area contributed by atoms with E-state index >= 15 is 0 Å². The molecule has 2 rings (SSSR count). The van der Waals surface area contributed by atoms with E-state index in [9.17, 15) is 5.11 Å². The Morgan fingerprint density at radius 2 is 1.88 bits per heavy atom. The van der Waals surface area contributed by atoms with Crippen LogP contribution in [0, 0.1) is 0 Å². The number of aliphatic hydroxyl groups is 1. The Hall–Kier alpha value is -1.54. The van der Waals surface area contributed by atoms with Gasteiger partial charge in [-0.3, -0.25) is 0 Å². The molecule has 1 aromatic heterocycles. The smallest absolute Gasteiger partial charge is 0.0521 e. The van der Waals surface area contributed by atoms with Crippen LogP contribution in [-0.2, 0) is 0 Å². The maximum absolute atomic E-state index is 9.57. The largest absolute Gasteiger partial charge is 0.393 e. The van der Waals surface area contributed by atoms with Crippen LogP contribution >= 0.6 is 0 Å². The molecule has 2 unspecified atom stereocenters. The van der Waals surface area contributed by atoms with Crippen LogP contribution in [0.2, 0.25) is 0 Å². The summed E-state index contributed by atoms with van der Waals surface area (Å²) in [5.41, 5.74) is 2.40. The van der Waals surface area contributed by atoms with Crippen molar-refractivity contribution in [1.82, 2.24) is 4.98 Å². The fourth-order valence-electron chi connectivity index (χ4n) is 2.03. The third-order valence-corrected chi connectivity index (χ3v) is 2.78. The summed E-state index contributed by atoms with van der Waals surface area (Å²) in [5.74, 6) is 0.246. The van der Waals surface area contributed by atoms with E-state index in [0.29, 0.717) is 0 Å². The topological polar surface area (TPSA) is 36.0 Å². The van der Waals surface area contributed by atoms with Crippen LogP contribution in [0.1, 0.15) is 30.5 Å². The van der Waals surface area contributed by atoms with Gasteiger partial charge >= 0.3 is 0 Å². The van der Waals surface area contributed by atoms with Crippen molar-refractivity contribution in [2.24, 2.45) is 0 Å². The zero-order valence-corrected chi connectivity index (χ0v) is 9.43. The summed E-state index contributed by atoms with van der Waals surface area (Å²) < 4.78 is 0. The molecule has 0 spiro atoms. The average molecular weight is 215 g/mol. The van der Waals surface area contributed by atoms with Gasteiger partial charge in [-0.15, -0.1) is 0 Å². The molecule has 2 nitrogen and oxygen atoms in total. The van der Waals surface area contributed by atoms with Gasteiger partial charge in [-0.05, 0) is 31.0 Å². The Morgan fingerprint density at radius 1 is 1.12 bits per heavy atom. The lowest BCUT2D eigenvalue weighted by molar-refractivity contribution is 0.178. The van der Waals surface area contributed by atoms with E-state index in [1.807, 2.05) is 37.4 Å². The van der Waals surface area contributed by atoms with Crippen LogP contribution < -0.4 is 0 Å². The molecule has 0 aliphatic heterocycles. The molecule has 0 radical (unpaired) electrons. The Labute approximate surface area is 96.0 Å². The molecule has 0 bridgehead atoms. The Kier molecular flexibility index (Phi) is 3.42. The molecule has 2 atom stereocenters. The minimum atomic E-state index is -0.298. The van der Waals surface area contributed by atoms with Crippen LogP contribution in [0.4, 0.5) is 0 Å². The second-order valence-corrected chi connectivity index (χ2v) is 4.17. The zero-order chi connectivity index (χ0) is 11.4. The summed E-state index contributed by atoms with van der Waals surface area (Å²) in [7, 11) is 0. The van der Waals surface area contributed by atoms with E-state index in [0.717, 1.165) is 12.1 Å². The highest BCUT2D eigenvalue weighted by Crippen LogP contribution is 2.27. The molecule has 0 saturated heterocycles. The fraction of sp³-hybridized carbons (Fsp3) is 0.286. The molecular weight excluding hydrogens is 198 g/mol. The quantitative estimate of drug-likeness (QED) is 0.808. The van der Waals surface area contributed by atoms with Crippen molar-refractivity contribution in [3.05, 3.63) is 59.9 Å². The van der Waals surface area contributed by atoms with Crippen molar-refractivity contribution in [2.45, 2.75) is 25.4 Å². The molecule has 2 aromatic rings. The lowest BCUT2D eigenvalue weighted by atomic mass is 9.91. The number of H-pyrrole nitrogens is 1. The number of hydrogen-bond donors (Lipinski definition) is 2. The summed E-state index contributed by atoms with van der Waals surface area (Å²) in [6.45, 7) is 1.83. The van der Waals surface area contributed by atoms with Crippen molar-refractivity contribution < 1.29 is 5.11 Å². The summed E-state index contributed by atoms with van der Waals surface area (Å²) >= 11 is 0. The molecule has 0 fully saturated rings. The molecule has 1 aromatic carbocycles. The lowest BCUT2D eigenvalue weighted by Crippen LogP contribution is -2.10. The summed E-state index contributed by atoms with van der Waals surface area (Å²) in [6.07, 6.45) is 2.37. The van der Waals surface area contributed by atoms with Crippen molar-refractivity contribution in [3.63, 3.8) is 0 Å². The number of aromatic nitrogens is 1. The zero-order valence-electron chi connectivity index (χ0n) is 9.43. The van der Waals surface area contributed by atoms with Crippen LogP contribution in [0.3, 0.4) is 0 Å². The van der Waals surface area contributed by atoms with E-state index in [4.69, 9.17) is 0 Å². The van der Waals surface area contributed by atoms with E-state index in [1.54, 1.807) is 0 Å². The maximum atomic E-state index is 9.57. The predicted octanol–water partition coefficient (Wildman–Crippen LogP) is 2.92. The Balaban J connectivity index is 2.29. The number of rotatable bonds is 4. The first-order chi connectivity index (χ1) is 7.77. The van der Waals surface area contributed by atoms with Crippen LogP contribution in [-0.4, -0.2) is 16.2 Å². The van der Waals surface area contributed by atoms with Gasteiger partial charge < -0.3 is 10.1 Å². The first-order valence-corrected chi connectivity index (χ1v) is 5.63. The molecule has 0 amide bonds. The third kappa shape index (κ3) is 2.52. The van der Waals surface area contributed by atoms with Gasteiger partial charge in [0.2, 0.25) is 0 Å². The summed E-state index contributed by atoms with van der Waals surface area (Å²) in [5, 5.41) is 9.57. The third-order valence-electron chi connectivity index (χ3n) is 2.78. The van der Waals surface area contributed by atoms with Gasteiger partial charge in [0.05, 0.1) is 6.10 Å². The van der Waals surface area contributed by atoms with E-state index < -0.39 is 0 Å². The Morgan fingerprint density at radius 3 is 2.44 bits per heavy atom. The number of aromatic amines is 1. The number of benzene rings is 1. The molecule has 2 N–H and O–H groups in total. The second kappa shape index (κ2) is 4.99. The lowest BCUT2D eigenvalue weighted by Gasteiger charge is -2.17. The van der Waals surface area contributed by atoms with E-state index in [-0.39, 0.29) is 12.0 Å². The summed E-state index contributed by atoms with van der Waals surface area (Å²) in [4.78, 5) is 3.23. The maximum Gasteiger partial charge on any atom is 0.0521 e. The number of aliphatic hydroxyl groups excluding tert-OH is 1. The van der Waals surface area contributed by atoms with Gasteiger partial charge in [0.1, 0.15) is 0 Å². The van der Waals surface area contributed by atoms with Gasteiger partial charge in [0.15, 0.2) is 0 Å². The summed E-state index contributed by atoms with van der Waals surface area (Å²) in [6, 6.07) is 14.4. The highest BCUT2D eigenvalue weighted by Gasteiger charge is 2.16. The van der Waals surface area contributed by atoms with Gasteiger partial charge in [-0.2, -0.15) is 0 Å². The molecule has 2 heteroatoms. The molecule has 0 saturated carbocycles. The van der Waals surface area contributed by atoms with Crippen molar-refractivity contribution in [2.75, 3.05) is 0 Å². The van der Waals surface area contributed by atoms with E-state index in [1.165, 1.54) is 5.56 Å². The number of hydrogen-bond acceptors (Lipinski definition) is 1. The minimum Gasteiger partial charge on any atom is -0.393 e. The molecule has 16 heavy (non-hydrogen) atoms. The highest BCUT2D eigenvalue weighted by molar-refractivity contribution is 5.28. The van der Waals surface area contributed by atoms with Crippen LogP contribution in [0.15, 0.2) is 48.7 Å². The standard InChI is InChI=1S/C14H17NO/c1-11(16)10-13(14-8-5-9-15-14)12-6-3-2-4-7-12/h2-9,11,13,15-16H,10H2,1H3. The van der Waals surface area contributed by atoms with E-state index in [2.05, 4.69) is 23.2 Å². The molecule has 0 aliphatic rings. The number of nitrogens with one attached hydrogen (secondary N) is 1. The van der Waals surface area contributed by atoms with Gasteiger partial charge in [0.25, 0.3) is 0 Å². The monoisotopic (exact) mass is 215 g/mol. The van der Waals surface area contributed by atoms with Gasteiger partial charge in [0, 0.05) is 17.8 Å². The normalized spacial score (nSPS) is 14.6. The first-order valence-electron chi connectivity index (χ1n) is 5.63. The second-order valence-electron chi connectivity index (χ2n) is 4.17. The average Bonchev–Trinajstić information content (AvgIpc) is 2.80. The molecule has 84 valence electrons. The molecule has 1 heterocycles. The van der Waals surface area contributed by atoms with Crippen molar-refractivity contribution >= 4 is 0 Å². The Bertz CT molecular complexity index is 406. The van der Waals surface area contributed by atoms with Crippen LogP contribution in [0.25, 0.3) is 0 Å². The molecule has 0 aliphatic carbocycles. The van der Waals surface area contributed by atoms with Crippen LogP contribution in [0.5, 0.6) is 0 Å². The van der Waals surface area contributed by atoms with Crippen molar-refractivity contribution in [3.8, 4) is 0 Å². The highest BCUT2D eigenvalue weighted by atomic mass is 16.3. The fourth-order valence-corrected chi connectivity index (χ4v) is 2.03. The minimum absolute atomic E-state index is 0.246. The van der Waals surface area contributed by atoms with Gasteiger partial charge in [-0.25, -0.2) is 0 Å². The first kappa shape index (κ1) is 11.0. The molecular formula is C14H17NO. The predicted molar refractivity (Wildman–Crippen MR) is 65.4 cm³/mol. The van der Waals surface area contributed by atoms with Gasteiger partial charge in [-0.1, -0.05) is 30.3 Å². The SMILES string of the molecule is CC(O)CC(c1ccccc1)c1ccc[nH]1.